The highest BCUT2D eigenvalue weighted by Gasteiger charge is 2.31. The van der Waals surface area contributed by atoms with Gasteiger partial charge in [0, 0.05) is 0 Å². The Morgan fingerprint density at radius 2 is 2.25 bits per heavy atom. The maximum Gasteiger partial charge on any atom is 0.229 e. The first-order chi connectivity index (χ1) is 7.79. The lowest BCUT2D eigenvalue weighted by Crippen LogP contribution is -2.18. The van der Waals surface area contributed by atoms with Crippen molar-refractivity contribution in [3.63, 3.8) is 0 Å². The van der Waals surface area contributed by atoms with E-state index in [0.29, 0.717) is 5.89 Å². The summed E-state index contributed by atoms with van der Waals surface area (Å²) in [4.78, 5) is 4.10. The van der Waals surface area contributed by atoms with Gasteiger partial charge in [-0.2, -0.15) is 10.2 Å². The molecule has 1 unspecified atom stereocenters. The van der Waals surface area contributed by atoms with Crippen LogP contribution < -0.4 is 5.73 Å². The average Bonchev–Trinajstić information content (AvgIpc) is 2.61. The molecule has 4 heteroatoms. The van der Waals surface area contributed by atoms with Crippen molar-refractivity contribution < 1.29 is 4.42 Å². The highest BCUT2D eigenvalue weighted by Crippen LogP contribution is 2.40. The number of hydrogen-bond acceptors (Lipinski definition) is 4. The van der Waals surface area contributed by atoms with Gasteiger partial charge in [-0.1, -0.05) is 24.3 Å². The van der Waals surface area contributed by atoms with Crippen molar-refractivity contribution in [1.29, 1.82) is 5.26 Å². The number of oxazole rings is 1. The Balaban J connectivity index is 2.00. The molecule has 1 heterocycles. The normalized spacial score (nSPS) is 17.3. The van der Waals surface area contributed by atoms with Crippen LogP contribution in [-0.2, 0) is 6.42 Å². The Hall–Kier alpha value is -2.28. The van der Waals surface area contributed by atoms with Crippen LogP contribution in [-0.4, -0.2) is 4.98 Å². The van der Waals surface area contributed by atoms with Crippen molar-refractivity contribution in [3.8, 4) is 6.07 Å². The molecule has 0 spiro atoms. The summed E-state index contributed by atoms with van der Waals surface area (Å²) in [6.07, 6.45) is 0.904. The van der Waals surface area contributed by atoms with Gasteiger partial charge in [-0.25, -0.2) is 0 Å². The van der Waals surface area contributed by atoms with E-state index >= 15 is 0 Å². The molecule has 0 fully saturated rings. The lowest BCUT2D eigenvalue weighted by molar-refractivity contribution is 0.463. The zero-order valence-corrected chi connectivity index (χ0v) is 8.47. The van der Waals surface area contributed by atoms with Gasteiger partial charge in [0.25, 0.3) is 0 Å². The summed E-state index contributed by atoms with van der Waals surface area (Å²) < 4.78 is 5.31. The van der Waals surface area contributed by atoms with Crippen molar-refractivity contribution in [3.05, 3.63) is 47.0 Å². The van der Waals surface area contributed by atoms with Gasteiger partial charge < -0.3 is 10.2 Å². The van der Waals surface area contributed by atoms with E-state index in [4.69, 9.17) is 15.4 Å². The van der Waals surface area contributed by atoms with Crippen LogP contribution in [0.3, 0.4) is 0 Å². The van der Waals surface area contributed by atoms with E-state index in [1.54, 1.807) is 0 Å². The van der Waals surface area contributed by atoms with Crippen LogP contribution in [0.1, 0.15) is 28.6 Å². The van der Waals surface area contributed by atoms with Gasteiger partial charge in [0.2, 0.25) is 17.5 Å². The van der Waals surface area contributed by atoms with Crippen molar-refractivity contribution in [2.75, 3.05) is 5.73 Å². The van der Waals surface area contributed by atoms with Crippen LogP contribution in [0.5, 0.6) is 0 Å². The van der Waals surface area contributed by atoms with Gasteiger partial charge in [0.15, 0.2) is 0 Å². The molecule has 0 amide bonds. The largest absolute Gasteiger partial charge is 0.423 e. The fourth-order valence-corrected chi connectivity index (χ4v) is 2.06. The van der Waals surface area contributed by atoms with Crippen LogP contribution in [0.25, 0.3) is 0 Å². The molecule has 1 aliphatic rings. The maximum absolute atomic E-state index is 8.75. The van der Waals surface area contributed by atoms with Crippen LogP contribution in [0.4, 0.5) is 5.88 Å². The predicted octanol–water partition coefficient (Wildman–Crippen LogP) is 1.82. The van der Waals surface area contributed by atoms with E-state index in [-0.39, 0.29) is 17.5 Å². The van der Waals surface area contributed by atoms with Gasteiger partial charge in [-0.15, -0.1) is 0 Å². The van der Waals surface area contributed by atoms with E-state index in [2.05, 4.69) is 17.1 Å². The van der Waals surface area contributed by atoms with Crippen molar-refractivity contribution in [2.45, 2.75) is 12.3 Å². The summed E-state index contributed by atoms with van der Waals surface area (Å²) in [6.45, 7) is 0. The Morgan fingerprint density at radius 1 is 1.44 bits per heavy atom. The number of rotatable bonds is 1. The van der Waals surface area contributed by atoms with E-state index in [9.17, 15) is 0 Å². The van der Waals surface area contributed by atoms with Crippen molar-refractivity contribution >= 4 is 5.88 Å². The van der Waals surface area contributed by atoms with E-state index < -0.39 is 0 Å². The molecule has 3 rings (SSSR count). The predicted molar refractivity (Wildman–Crippen MR) is 57.6 cm³/mol. The van der Waals surface area contributed by atoms with Crippen LogP contribution >= 0.6 is 0 Å². The first-order valence-electron chi connectivity index (χ1n) is 5.03. The summed E-state index contributed by atoms with van der Waals surface area (Å²) in [7, 11) is 0. The molecular weight excluding hydrogens is 202 g/mol. The summed E-state index contributed by atoms with van der Waals surface area (Å²) in [5, 5.41) is 8.75. The molecule has 0 bridgehead atoms. The third-order valence-corrected chi connectivity index (χ3v) is 2.93. The summed E-state index contributed by atoms with van der Waals surface area (Å²) >= 11 is 0. The third-order valence-electron chi connectivity index (χ3n) is 2.93. The molecule has 0 saturated carbocycles. The topological polar surface area (TPSA) is 75.8 Å². The summed E-state index contributed by atoms with van der Waals surface area (Å²) in [5.41, 5.74) is 8.24. The Kier molecular flexibility index (Phi) is 1.74. The van der Waals surface area contributed by atoms with Gasteiger partial charge in [-0.05, 0) is 17.5 Å². The number of benzene rings is 1. The SMILES string of the molecule is N#Cc1nc(C2Cc3ccccc32)oc1N. The standard InChI is InChI=1S/C12H9N3O/c13-6-10-11(14)16-12(15-10)9-5-7-3-1-2-4-8(7)9/h1-4,9H,5,14H2. The third kappa shape index (κ3) is 1.12. The first-order valence-corrected chi connectivity index (χ1v) is 5.03. The van der Waals surface area contributed by atoms with Crippen molar-refractivity contribution in [2.24, 2.45) is 0 Å². The number of nitrogens with zero attached hydrogens (tertiary/aromatic N) is 2. The molecule has 78 valence electrons. The molecule has 0 saturated heterocycles. The molecule has 0 radical (unpaired) electrons. The highest BCUT2D eigenvalue weighted by atomic mass is 16.4. The zero-order valence-electron chi connectivity index (χ0n) is 8.47. The van der Waals surface area contributed by atoms with E-state index in [1.807, 2.05) is 18.2 Å². The summed E-state index contributed by atoms with van der Waals surface area (Å²) in [6, 6.07) is 10.1. The minimum atomic E-state index is 0.113. The second kappa shape index (κ2) is 3.11. The molecule has 0 aliphatic heterocycles. The Labute approximate surface area is 92.3 Å². The molecule has 2 N–H and O–H groups in total. The Bertz CT molecular complexity index is 595. The van der Waals surface area contributed by atoms with Gasteiger partial charge in [-0.3, -0.25) is 0 Å². The monoisotopic (exact) mass is 211 g/mol. The van der Waals surface area contributed by atoms with E-state index in [0.717, 1.165) is 6.42 Å². The highest BCUT2D eigenvalue weighted by molar-refractivity contribution is 5.47. The zero-order chi connectivity index (χ0) is 11.1. The quantitative estimate of drug-likeness (QED) is 0.780. The average molecular weight is 211 g/mol. The molecule has 1 aliphatic carbocycles. The fraction of sp³-hybridized carbons (Fsp3) is 0.167. The number of aromatic nitrogens is 1. The molecule has 4 nitrogen and oxygen atoms in total. The molecule has 1 atom stereocenters. The lowest BCUT2D eigenvalue weighted by atomic mass is 9.77. The minimum Gasteiger partial charge on any atom is -0.423 e. The molecule has 16 heavy (non-hydrogen) atoms. The van der Waals surface area contributed by atoms with Crippen LogP contribution in [0.15, 0.2) is 28.7 Å². The number of fused-ring (bicyclic) bond motifs is 1. The second-order valence-corrected chi connectivity index (χ2v) is 3.83. The molecule has 1 aromatic carbocycles. The maximum atomic E-state index is 8.75. The van der Waals surface area contributed by atoms with E-state index in [1.165, 1.54) is 11.1 Å². The second-order valence-electron chi connectivity index (χ2n) is 3.83. The minimum absolute atomic E-state index is 0.113. The number of nitrogens with two attached hydrogens (primary N) is 1. The summed E-state index contributed by atoms with van der Waals surface area (Å²) in [5.74, 6) is 0.815. The van der Waals surface area contributed by atoms with Gasteiger partial charge >= 0.3 is 0 Å². The number of anilines is 1. The molecule has 2 aromatic rings. The van der Waals surface area contributed by atoms with Gasteiger partial charge in [0.05, 0.1) is 5.92 Å². The number of nitrogen functional groups attached to an aromatic ring is 1. The fourth-order valence-electron chi connectivity index (χ4n) is 2.06. The van der Waals surface area contributed by atoms with Gasteiger partial charge in [0.1, 0.15) is 6.07 Å². The van der Waals surface area contributed by atoms with Crippen LogP contribution in [0.2, 0.25) is 0 Å². The van der Waals surface area contributed by atoms with Crippen molar-refractivity contribution in [1.82, 2.24) is 4.98 Å². The van der Waals surface area contributed by atoms with Crippen LogP contribution in [0, 0.1) is 11.3 Å². The lowest BCUT2D eigenvalue weighted by Gasteiger charge is -2.27. The first kappa shape index (κ1) is 8.98. The number of nitriles is 1. The smallest absolute Gasteiger partial charge is 0.229 e. The Morgan fingerprint density at radius 3 is 2.94 bits per heavy atom. The number of hydrogen-bond donors (Lipinski definition) is 1. The molecule has 1 aromatic heterocycles. The molecular formula is C12H9N3O.